The molecule has 2 amide bonds. The van der Waals surface area contributed by atoms with Gasteiger partial charge in [-0.05, 0) is 93.5 Å². The Kier molecular flexibility index (Phi) is 10.6. The predicted molar refractivity (Wildman–Crippen MR) is 176 cm³/mol. The second-order valence-corrected chi connectivity index (χ2v) is 15.5. The third-order valence-corrected chi connectivity index (χ3v) is 11.2. The number of amides is 2. The van der Waals surface area contributed by atoms with Crippen LogP contribution in [0.4, 0.5) is 35.1 Å². The van der Waals surface area contributed by atoms with Crippen LogP contribution in [0.2, 0.25) is 0 Å². The van der Waals surface area contributed by atoms with Gasteiger partial charge in [0, 0.05) is 42.7 Å². The number of likely N-dealkylation sites (tertiary alicyclic amines) is 1. The lowest BCUT2D eigenvalue weighted by atomic mass is 9.89. The number of carbonyl (C=O) groups excluding carboxylic acids is 2. The van der Waals surface area contributed by atoms with Gasteiger partial charge in [0.15, 0.2) is 6.61 Å². The number of aryl methyl sites for hydroxylation is 2. The molecule has 53 heavy (non-hydrogen) atoms. The van der Waals surface area contributed by atoms with Crippen LogP contribution in [-0.2, 0) is 21.0 Å². The van der Waals surface area contributed by atoms with E-state index in [4.69, 9.17) is 0 Å². The van der Waals surface area contributed by atoms with Crippen molar-refractivity contribution in [2.45, 2.75) is 75.9 Å². The van der Waals surface area contributed by atoms with Gasteiger partial charge in [-0.3, -0.25) is 14.6 Å². The number of rotatable bonds is 8. The zero-order chi connectivity index (χ0) is 39.4. The maximum atomic E-state index is 13.5. The molecular weight excluding hydrogens is 744 g/mol. The second-order valence-electron chi connectivity index (χ2n) is 13.7. The molecule has 2 aromatic carbocycles. The Labute approximate surface area is 299 Å². The number of benzene rings is 2. The molecule has 2 saturated heterocycles. The first-order valence-corrected chi connectivity index (χ1v) is 17.9. The van der Waals surface area contributed by atoms with Crippen LogP contribution in [0.3, 0.4) is 0 Å². The van der Waals surface area contributed by atoms with E-state index in [0.717, 1.165) is 15.8 Å². The quantitative estimate of drug-likeness (QED) is 0.336. The number of alkyl halides is 8. The van der Waals surface area contributed by atoms with Crippen molar-refractivity contribution in [2.75, 3.05) is 32.8 Å². The molecule has 0 saturated carbocycles. The van der Waals surface area contributed by atoms with Gasteiger partial charge in [0.2, 0.25) is 10.0 Å². The molecule has 0 aliphatic carbocycles. The summed E-state index contributed by atoms with van der Waals surface area (Å²) in [6.45, 7) is 3.20. The number of piperidine rings is 2. The average molecular weight is 781 g/mol. The minimum atomic E-state index is -6.08. The van der Waals surface area contributed by atoms with Crippen LogP contribution in [-0.4, -0.2) is 96.4 Å². The normalized spacial score (nSPS) is 19.8. The summed E-state index contributed by atoms with van der Waals surface area (Å²) in [6.07, 6.45) is -9.25. The van der Waals surface area contributed by atoms with Crippen molar-refractivity contribution in [2.24, 2.45) is 4.99 Å². The fourth-order valence-electron chi connectivity index (χ4n) is 6.35. The maximum Gasteiger partial charge on any atom is 0.456 e. The number of halogens is 8. The third kappa shape index (κ3) is 8.51. The van der Waals surface area contributed by atoms with Crippen LogP contribution < -0.4 is 10.1 Å². The van der Waals surface area contributed by atoms with Gasteiger partial charge < -0.3 is 20.1 Å². The summed E-state index contributed by atoms with van der Waals surface area (Å²) in [5.74, 6) is -8.00. The Morgan fingerprint density at radius 3 is 2.09 bits per heavy atom. The minimum Gasteiger partial charge on any atom is -0.486 e. The smallest absolute Gasteiger partial charge is 0.456 e. The predicted octanol–water partition coefficient (Wildman–Crippen LogP) is 5.60. The maximum absolute atomic E-state index is 13.5. The number of aliphatic imine (C=N–C) groups is 1. The molecule has 10 nitrogen and oxygen atoms in total. The number of nitrogens with one attached hydrogen (secondary N) is 1. The van der Waals surface area contributed by atoms with Gasteiger partial charge in [0.05, 0.1) is 11.2 Å². The van der Waals surface area contributed by atoms with Gasteiger partial charge in [-0.1, -0.05) is 6.07 Å². The van der Waals surface area contributed by atoms with Gasteiger partial charge >= 0.3 is 18.3 Å². The molecule has 0 bridgehead atoms. The molecule has 3 aliphatic heterocycles. The summed E-state index contributed by atoms with van der Waals surface area (Å²) in [5, 5.41) is 13.6. The number of nitrogens with zero attached hydrogens (tertiary/aromatic N) is 3. The first kappa shape index (κ1) is 40.1. The van der Waals surface area contributed by atoms with E-state index in [9.17, 15) is 58.2 Å². The molecule has 0 radical (unpaired) electrons. The Bertz CT molecular complexity index is 1920. The zero-order valence-corrected chi connectivity index (χ0v) is 29.5. The number of aliphatic hydroxyl groups is 1. The summed E-state index contributed by atoms with van der Waals surface area (Å²) >= 11 is 0. The Morgan fingerprint density at radius 2 is 1.55 bits per heavy atom. The summed E-state index contributed by atoms with van der Waals surface area (Å²) in [6, 6.07) is 5.11. The van der Waals surface area contributed by atoms with Crippen molar-refractivity contribution in [3.05, 3.63) is 69.1 Å². The topological polar surface area (TPSA) is 129 Å². The van der Waals surface area contributed by atoms with Gasteiger partial charge in [-0.25, -0.2) is 8.42 Å². The molecule has 2 fully saturated rings. The van der Waals surface area contributed by atoms with E-state index >= 15 is 0 Å². The Hall–Kier alpha value is -4.10. The number of hydrogen-bond acceptors (Lipinski definition) is 7. The third-order valence-electron chi connectivity index (χ3n) is 9.65. The highest BCUT2D eigenvalue weighted by molar-refractivity contribution is 7.92. The molecule has 2 N–H and O–H groups in total. The zero-order valence-electron chi connectivity index (χ0n) is 28.7. The van der Waals surface area contributed by atoms with Gasteiger partial charge in [-0.2, -0.15) is 39.4 Å². The monoisotopic (exact) mass is 780 g/mol. The second kappa shape index (κ2) is 14.0. The number of hydrogen-bond donors (Lipinski definition) is 2. The number of carbonyl (C=O) groups is 2. The average Bonchev–Trinajstić information content (AvgIpc) is 3.36. The lowest BCUT2D eigenvalue weighted by molar-refractivity contribution is -0.290. The minimum absolute atomic E-state index is 0.141. The van der Waals surface area contributed by atoms with Crippen molar-refractivity contribution >= 4 is 33.7 Å². The van der Waals surface area contributed by atoms with Crippen LogP contribution in [0.25, 0.3) is 6.08 Å². The van der Waals surface area contributed by atoms with Gasteiger partial charge in [-0.15, -0.1) is 0 Å². The first-order valence-electron chi connectivity index (χ1n) is 16.4. The molecule has 3 aliphatic rings. The van der Waals surface area contributed by atoms with Crippen molar-refractivity contribution in [1.82, 2.24) is 14.5 Å². The standard InChI is InChI=1S/C34H36F8N4O6S/c1-20-16-23(28(47)45-11-7-30(3,49)8-12-45)17-21(2)24(20)6-15-53(50,51)46-13-9-31(10-14-46)29(48)43-27(44-31)22-4-5-25(33(37,38)39)26(18-22)52-19-32(35,36)34(40,41)42/h4-6,15-18,49H,7-14,19H2,1-3H3,(H,43,44,48). The molecule has 5 rings (SSSR count). The van der Waals surface area contributed by atoms with E-state index in [1.807, 2.05) is 0 Å². The highest BCUT2D eigenvalue weighted by atomic mass is 32.2. The van der Waals surface area contributed by atoms with E-state index in [1.165, 1.54) is 6.08 Å². The highest BCUT2D eigenvalue weighted by Crippen LogP contribution is 2.41. The number of ether oxygens (including phenoxy) is 1. The molecule has 290 valence electrons. The van der Waals surface area contributed by atoms with Crippen LogP contribution in [0.5, 0.6) is 5.75 Å². The van der Waals surface area contributed by atoms with Crippen molar-refractivity contribution in [3.8, 4) is 5.75 Å². The molecule has 0 atom stereocenters. The largest absolute Gasteiger partial charge is 0.486 e. The van der Waals surface area contributed by atoms with Crippen LogP contribution in [0.15, 0.2) is 40.7 Å². The van der Waals surface area contributed by atoms with Crippen LogP contribution >= 0.6 is 0 Å². The van der Waals surface area contributed by atoms with Crippen molar-refractivity contribution in [1.29, 1.82) is 0 Å². The fourth-order valence-corrected chi connectivity index (χ4v) is 7.52. The fraction of sp³-hybridized carbons (Fsp3) is 0.500. The van der Waals surface area contributed by atoms with E-state index in [2.05, 4.69) is 15.0 Å². The molecular formula is C34H36F8N4O6S. The van der Waals surface area contributed by atoms with E-state index < -0.39 is 63.3 Å². The van der Waals surface area contributed by atoms with Gasteiger partial charge in [0.1, 0.15) is 17.1 Å². The van der Waals surface area contributed by atoms with Gasteiger partial charge in [0.25, 0.3) is 11.8 Å². The molecule has 2 aromatic rings. The summed E-state index contributed by atoms with van der Waals surface area (Å²) < 4.78 is 138. The van der Waals surface area contributed by atoms with E-state index in [1.54, 1.807) is 37.8 Å². The summed E-state index contributed by atoms with van der Waals surface area (Å²) in [4.78, 5) is 32.2. The highest BCUT2D eigenvalue weighted by Gasteiger charge is 2.58. The van der Waals surface area contributed by atoms with E-state index in [0.29, 0.717) is 60.3 Å². The molecule has 0 aromatic heterocycles. The Balaban J connectivity index is 1.28. The van der Waals surface area contributed by atoms with Crippen LogP contribution in [0.1, 0.15) is 70.8 Å². The molecule has 3 heterocycles. The van der Waals surface area contributed by atoms with Crippen molar-refractivity contribution < 1.29 is 63.0 Å². The first-order chi connectivity index (χ1) is 24.3. The lowest BCUT2D eigenvalue weighted by Gasteiger charge is -2.36. The molecule has 19 heteroatoms. The molecule has 0 unspecified atom stereocenters. The molecule has 1 spiro atoms. The SMILES string of the molecule is Cc1cc(C(=O)N2CCC(C)(O)CC2)cc(C)c1C=CS(=O)(=O)N1CCC2(CC1)N=C(c1ccc(C(F)(F)F)c(OCC(F)(F)C(F)(F)F)c1)NC2=O. The van der Waals surface area contributed by atoms with E-state index in [-0.39, 0.29) is 43.2 Å². The summed E-state index contributed by atoms with van der Waals surface area (Å²) in [5.41, 5.74) is -1.95. The number of sulfonamides is 1. The Morgan fingerprint density at radius 1 is 0.962 bits per heavy atom. The van der Waals surface area contributed by atoms with Crippen molar-refractivity contribution in [3.63, 3.8) is 0 Å². The van der Waals surface area contributed by atoms with Crippen LogP contribution in [0, 0.1) is 13.8 Å². The summed E-state index contributed by atoms with van der Waals surface area (Å²) in [7, 11) is -4.04. The lowest BCUT2D eigenvalue weighted by Crippen LogP contribution is -2.50. The number of amidine groups is 1.